The summed E-state index contributed by atoms with van der Waals surface area (Å²) < 4.78 is 5.14. The highest BCUT2D eigenvalue weighted by molar-refractivity contribution is 6.31. The van der Waals surface area contributed by atoms with Crippen molar-refractivity contribution in [2.75, 3.05) is 7.11 Å². The number of halogens is 1. The fourth-order valence-electron chi connectivity index (χ4n) is 5.06. The van der Waals surface area contributed by atoms with E-state index in [1.165, 1.54) is 7.11 Å². The van der Waals surface area contributed by atoms with Crippen LogP contribution in [-0.2, 0) is 4.74 Å². The molecule has 0 spiro atoms. The van der Waals surface area contributed by atoms with E-state index >= 15 is 0 Å². The minimum Gasteiger partial charge on any atom is -0.465 e. The van der Waals surface area contributed by atoms with Crippen LogP contribution in [0.1, 0.15) is 58.4 Å². The number of carbonyl (C=O) groups excluding carboxylic acids is 2. The van der Waals surface area contributed by atoms with E-state index in [4.69, 9.17) is 21.3 Å². The maximum atomic E-state index is 13.5. The SMILES string of the molecule is CCC[C@@H](CC(=O)c1ccc(-c2cc(Cl)ccc2-c2nc3ccccc3[nH]2)c(C(=O)OC)c1)c1ccccc1. The van der Waals surface area contributed by atoms with Crippen molar-refractivity contribution in [2.45, 2.75) is 32.1 Å². The van der Waals surface area contributed by atoms with Crippen LogP contribution in [0.3, 0.4) is 0 Å². The molecule has 0 aliphatic rings. The number of carbonyl (C=O) groups is 2. The number of hydrogen-bond donors (Lipinski definition) is 1. The fraction of sp³-hybridized carbons (Fsp3) is 0.182. The summed E-state index contributed by atoms with van der Waals surface area (Å²) in [6.45, 7) is 2.12. The van der Waals surface area contributed by atoms with Crippen LogP contribution in [0.2, 0.25) is 5.02 Å². The number of aromatic amines is 1. The van der Waals surface area contributed by atoms with Gasteiger partial charge in [0, 0.05) is 22.6 Å². The molecule has 0 radical (unpaired) electrons. The molecule has 0 fully saturated rings. The van der Waals surface area contributed by atoms with Crippen molar-refractivity contribution in [3.63, 3.8) is 0 Å². The molecule has 5 nitrogen and oxygen atoms in total. The van der Waals surface area contributed by atoms with E-state index in [9.17, 15) is 9.59 Å². The Balaban J connectivity index is 1.56. The first-order valence-corrected chi connectivity index (χ1v) is 13.4. The van der Waals surface area contributed by atoms with Crippen LogP contribution in [0.4, 0.5) is 0 Å². The molecule has 1 atom stereocenters. The number of para-hydroxylation sites is 2. The highest BCUT2D eigenvalue weighted by Gasteiger charge is 2.22. The number of H-pyrrole nitrogens is 1. The molecule has 0 aliphatic carbocycles. The lowest BCUT2D eigenvalue weighted by molar-refractivity contribution is 0.0601. The molecule has 0 saturated heterocycles. The number of imidazole rings is 1. The van der Waals surface area contributed by atoms with E-state index in [2.05, 4.69) is 24.0 Å². The van der Waals surface area contributed by atoms with Gasteiger partial charge < -0.3 is 9.72 Å². The Morgan fingerprint density at radius 1 is 0.897 bits per heavy atom. The lowest BCUT2D eigenvalue weighted by Crippen LogP contribution is -2.11. The average molecular weight is 537 g/mol. The van der Waals surface area contributed by atoms with Gasteiger partial charge in [-0.15, -0.1) is 0 Å². The van der Waals surface area contributed by atoms with Gasteiger partial charge >= 0.3 is 5.97 Å². The molecular formula is C33H29ClN2O3. The molecule has 0 aliphatic heterocycles. The summed E-state index contributed by atoms with van der Waals surface area (Å²) in [5.74, 6) is 0.225. The Hall–Kier alpha value is -4.22. The molecule has 5 aromatic rings. The summed E-state index contributed by atoms with van der Waals surface area (Å²) in [4.78, 5) is 34.6. The third kappa shape index (κ3) is 5.64. The maximum Gasteiger partial charge on any atom is 0.338 e. The zero-order valence-corrected chi connectivity index (χ0v) is 22.7. The van der Waals surface area contributed by atoms with E-state index in [1.54, 1.807) is 30.3 Å². The van der Waals surface area contributed by atoms with Crippen molar-refractivity contribution in [2.24, 2.45) is 0 Å². The van der Waals surface area contributed by atoms with E-state index in [0.717, 1.165) is 35.0 Å². The largest absolute Gasteiger partial charge is 0.465 e. The number of esters is 1. The van der Waals surface area contributed by atoms with Gasteiger partial charge in [0.15, 0.2) is 5.78 Å². The summed E-state index contributed by atoms with van der Waals surface area (Å²) in [5.41, 5.74) is 5.78. The van der Waals surface area contributed by atoms with Crippen molar-refractivity contribution in [1.29, 1.82) is 0 Å². The van der Waals surface area contributed by atoms with Gasteiger partial charge in [0.25, 0.3) is 0 Å². The number of nitrogens with one attached hydrogen (secondary N) is 1. The Morgan fingerprint density at radius 3 is 2.38 bits per heavy atom. The smallest absolute Gasteiger partial charge is 0.338 e. The maximum absolute atomic E-state index is 13.5. The van der Waals surface area contributed by atoms with Crippen molar-refractivity contribution in [3.8, 4) is 22.5 Å². The van der Waals surface area contributed by atoms with Gasteiger partial charge in [-0.1, -0.05) is 79.5 Å². The molecular weight excluding hydrogens is 508 g/mol. The second kappa shape index (κ2) is 11.7. The van der Waals surface area contributed by atoms with Gasteiger partial charge in [-0.25, -0.2) is 9.78 Å². The molecule has 1 heterocycles. The van der Waals surface area contributed by atoms with Crippen LogP contribution in [0, 0.1) is 0 Å². The van der Waals surface area contributed by atoms with Crippen molar-refractivity contribution in [3.05, 3.63) is 113 Å². The quantitative estimate of drug-likeness (QED) is 0.151. The van der Waals surface area contributed by atoms with Gasteiger partial charge in [0.1, 0.15) is 5.82 Å². The lowest BCUT2D eigenvalue weighted by atomic mass is 9.87. The first-order valence-electron chi connectivity index (χ1n) is 13.0. The molecule has 4 aromatic carbocycles. The number of aromatic nitrogens is 2. The summed E-state index contributed by atoms with van der Waals surface area (Å²) in [6, 6.07) is 28.6. The van der Waals surface area contributed by atoms with Gasteiger partial charge in [-0.3, -0.25) is 4.79 Å². The lowest BCUT2D eigenvalue weighted by Gasteiger charge is -2.17. The van der Waals surface area contributed by atoms with E-state index in [-0.39, 0.29) is 11.7 Å². The molecule has 39 heavy (non-hydrogen) atoms. The summed E-state index contributed by atoms with van der Waals surface area (Å²) in [7, 11) is 1.34. The molecule has 0 saturated carbocycles. The fourth-order valence-corrected chi connectivity index (χ4v) is 5.23. The zero-order valence-electron chi connectivity index (χ0n) is 21.9. The summed E-state index contributed by atoms with van der Waals surface area (Å²) in [5, 5.41) is 0.520. The minimum absolute atomic E-state index is 0.0161. The van der Waals surface area contributed by atoms with Gasteiger partial charge in [-0.05, 0) is 65.4 Å². The summed E-state index contributed by atoms with van der Waals surface area (Å²) in [6.07, 6.45) is 2.23. The Bertz CT molecular complexity index is 1610. The number of fused-ring (bicyclic) bond motifs is 1. The van der Waals surface area contributed by atoms with Gasteiger partial charge in [0.05, 0.1) is 23.7 Å². The number of ether oxygens (including phenoxy) is 1. The standard InChI is InChI=1S/C33H29ClN2O3/c1-3-9-22(21-10-5-4-6-11-21)19-31(37)23-14-16-25(28(18-23)33(38)39-2)27-20-24(34)15-17-26(27)32-35-29-12-7-8-13-30(29)36-32/h4-8,10-18,20,22H,3,9,19H2,1-2H3,(H,35,36)/t22-/m0/s1. The number of methoxy groups -OCH3 is 1. The third-order valence-electron chi connectivity index (χ3n) is 7.00. The molecule has 0 bridgehead atoms. The highest BCUT2D eigenvalue weighted by atomic mass is 35.5. The van der Waals surface area contributed by atoms with Crippen LogP contribution in [0.15, 0.2) is 91.0 Å². The Labute approximate surface area is 232 Å². The Kier molecular flexibility index (Phi) is 7.89. The van der Waals surface area contributed by atoms with E-state index in [0.29, 0.717) is 39.5 Å². The number of ketones is 1. The van der Waals surface area contributed by atoms with Crippen molar-refractivity contribution in [1.82, 2.24) is 9.97 Å². The summed E-state index contributed by atoms with van der Waals surface area (Å²) >= 11 is 6.42. The second-order valence-corrected chi connectivity index (χ2v) is 10.0. The molecule has 196 valence electrons. The second-order valence-electron chi connectivity index (χ2n) is 9.57. The number of nitrogens with zero attached hydrogens (tertiary/aromatic N) is 1. The number of rotatable bonds is 9. The third-order valence-corrected chi connectivity index (χ3v) is 7.24. The molecule has 0 amide bonds. The van der Waals surface area contributed by atoms with Crippen molar-refractivity contribution < 1.29 is 14.3 Å². The molecule has 5 rings (SSSR count). The van der Waals surface area contributed by atoms with E-state index < -0.39 is 5.97 Å². The molecule has 6 heteroatoms. The predicted octanol–water partition coefficient (Wildman–Crippen LogP) is 8.49. The van der Waals surface area contributed by atoms with Crippen molar-refractivity contribution >= 4 is 34.4 Å². The van der Waals surface area contributed by atoms with E-state index in [1.807, 2.05) is 48.5 Å². The van der Waals surface area contributed by atoms with Crippen LogP contribution in [0.5, 0.6) is 0 Å². The van der Waals surface area contributed by atoms with Crippen LogP contribution in [0.25, 0.3) is 33.5 Å². The average Bonchev–Trinajstić information content (AvgIpc) is 3.40. The minimum atomic E-state index is -0.525. The first-order chi connectivity index (χ1) is 19.0. The monoisotopic (exact) mass is 536 g/mol. The van der Waals surface area contributed by atoms with Crippen LogP contribution < -0.4 is 0 Å². The predicted molar refractivity (Wildman–Crippen MR) is 156 cm³/mol. The van der Waals surface area contributed by atoms with Gasteiger partial charge in [0.2, 0.25) is 0 Å². The number of Topliss-reactive ketones (excluding diaryl/α,β-unsaturated/α-hetero) is 1. The number of hydrogen-bond acceptors (Lipinski definition) is 4. The molecule has 1 N–H and O–H groups in total. The topological polar surface area (TPSA) is 72.0 Å². The first kappa shape index (κ1) is 26.4. The molecule has 0 unspecified atom stereocenters. The van der Waals surface area contributed by atoms with Gasteiger partial charge in [-0.2, -0.15) is 0 Å². The number of benzene rings is 4. The van der Waals surface area contributed by atoms with Crippen LogP contribution >= 0.6 is 11.6 Å². The zero-order chi connectivity index (χ0) is 27.4. The normalized spacial score (nSPS) is 11.9. The molecule has 1 aromatic heterocycles. The van der Waals surface area contributed by atoms with Crippen LogP contribution in [-0.4, -0.2) is 28.8 Å². The highest BCUT2D eigenvalue weighted by Crippen LogP contribution is 2.37. The Morgan fingerprint density at radius 2 is 1.64 bits per heavy atom.